The third-order valence-corrected chi connectivity index (χ3v) is 20.3. The molecule has 123 heavy (non-hydrogen) atoms. The van der Waals surface area contributed by atoms with Crippen LogP contribution in [0.1, 0.15) is 161 Å². The third kappa shape index (κ3) is 22.0. The summed E-state index contributed by atoms with van der Waals surface area (Å²) < 4.78 is 81.8. The quantitative estimate of drug-likeness (QED) is 0.00869. The number of esters is 7. The van der Waals surface area contributed by atoms with Crippen molar-refractivity contribution in [3.8, 4) is 63.1 Å². The van der Waals surface area contributed by atoms with Crippen LogP contribution in [-0.4, -0.2) is 66.9 Å². The van der Waals surface area contributed by atoms with Crippen LogP contribution in [0.5, 0.6) is 52.0 Å². The maximum absolute atomic E-state index is 17.7. The largest absolute Gasteiger partial charge is 0.488 e. The predicted molar refractivity (Wildman–Crippen MR) is 461 cm³/mol. The molecule has 0 radical (unpaired) electrons. The zero-order valence-corrected chi connectivity index (χ0v) is 69.7. The number of carbonyl (C=O) groups excluding carboxylic acids is 8. The van der Waals surface area contributed by atoms with Gasteiger partial charge in [-0.1, -0.05) is 270 Å². The van der Waals surface area contributed by atoms with Gasteiger partial charge in [-0.05, 0) is 135 Å². The maximum Gasteiger partial charge on any atom is 0.477 e. The lowest BCUT2D eigenvalue weighted by molar-refractivity contribution is -0.872. The molecule has 22 heteroatoms. The smallest absolute Gasteiger partial charge is 0.477 e. The molecule has 2 atom stereocenters. The van der Waals surface area contributed by atoms with Crippen LogP contribution in [0.4, 0.5) is 0 Å². The molecule has 11 aromatic carbocycles. The molecule has 0 saturated carbocycles. The Morgan fingerprint density at radius 2 is 1.03 bits per heavy atom. The minimum absolute atomic E-state index is 0.0134. The monoisotopic (exact) mass is 1660 g/mol. The molecule has 0 fully saturated rings. The minimum atomic E-state index is -2.58. The summed E-state index contributed by atoms with van der Waals surface area (Å²) in [6.07, 6.45) is 3.01. The van der Waals surface area contributed by atoms with Gasteiger partial charge in [-0.25, -0.2) is 4.79 Å². The molecule has 2 unspecified atom stereocenters. The Bertz CT molecular complexity index is 5860. The van der Waals surface area contributed by atoms with Gasteiger partial charge >= 0.3 is 65.5 Å². The molecule has 0 amide bonds. The van der Waals surface area contributed by atoms with Gasteiger partial charge in [0.15, 0.2) is 17.1 Å². The van der Waals surface area contributed by atoms with E-state index in [0.717, 1.165) is 55.9 Å². The van der Waals surface area contributed by atoms with Gasteiger partial charge in [-0.2, -0.15) is 4.84 Å². The first-order valence-electron chi connectivity index (χ1n) is 41.2. The molecule has 630 valence electrons. The van der Waals surface area contributed by atoms with Crippen molar-refractivity contribution >= 4 is 86.1 Å². The molecule has 1 aromatic heterocycles. The standard InChI is InChI=1S/C101H96NO21/c1-8-11-52-85(107)120-97-95(121-99(110)100(5,6)7)90(119-86(108)59-68-36-18-13-19-37-68)87(72-42-22-15-23-43-72)96(122-101(114-62-69-38-20-14-21-39-69,115-65-77-49-30-46-70-40-26-28-50-79(70)77)57-32-58-111-83(105)56-53-67-34-16-12-17-35-67)102(97)123-98(109)88-89(112-64-78-55-54-71-41-27-29-51-80(71)78)92(94(116-66(4)103)93(117-82(104)10-3)91(88)118-84(106)33-9-2)113-63-76-48-31-47-75-60-73-44-24-25-45-74(73)61-81(75)76/h12-31,34-51,54-55,60-61,78H,8-11,32-33,52-53,56-59,62-65H2,1-7H3/q+1. The van der Waals surface area contributed by atoms with E-state index in [1.54, 1.807) is 113 Å². The highest BCUT2D eigenvalue weighted by Crippen LogP contribution is 2.56. The average molecular weight is 1660 g/mol. The first-order chi connectivity index (χ1) is 59.7. The van der Waals surface area contributed by atoms with E-state index in [-0.39, 0.29) is 88.9 Å². The van der Waals surface area contributed by atoms with Gasteiger partial charge < -0.3 is 56.8 Å². The van der Waals surface area contributed by atoms with Crippen molar-refractivity contribution < 1.29 is 105 Å². The van der Waals surface area contributed by atoms with Crippen molar-refractivity contribution in [2.45, 2.75) is 151 Å². The summed E-state index contributed by atoms with van der Waals surface area (Å²) in [4.78, 5) is 128. The predicted octanol–water partition coefficient (Wildman–Crippen LogP) is 19.7. The molecule has 12 aromatic rings. The second-order valence-corrected chi connectivity index (χ2v) is 30.5. The van der Waals surface area contributed by atoms with Crippen LogP contribution in [0.25, 0.3) is 49.5 Å². The van der Waals surface area contributed by atoms with E-state index in [1.165, 1.54) is 6.92 Å². The van der Waals surface area contributed by atoms with Gasteiger partial charge in [-0.3, -0.25) is 33.6 Å². The Hall–Kier alpha value is -13.8. The van der Waals surface area contributed by atoms with Crippen molar-refractivity contribution in [2.75, 3.05) is 13.2 Å². The summed E-state index contributed by atoms with van der Waals surface area (Å²) in [7, 11) is 0. The van der Waals surface area contributed by atoms with Gasteiger partial charge in [-0.15, -0.1) is 0 Å². The van der Waals surface area contributed by atoms with E-state index in [2.05, 4.69) is 0 Å². The molecule has 0 bridgehead atoms. The van der Waals surface area contributed by atoms with E-state index in [9.17, 15) is 19.2 Å². The molecule has 13 rings (SSSR count). The summed E-state index contributed by atoms with van der Waals surface area (Å²) in [5, 5.41) is 4.97. The van der Waals surface area contributed by atoms with Gasteiger partial charge in [0.05, 0.1) is 38.3 Å². The van der Waals surface area contributed by atoms with Gasteiger partial charge in [0.1, 0.15) is 16.9 Å². The van der Waals surface area contributed by atoms with Crippen LogP contribution in [0.3, 0.4) is 0 Å². The maximum atomic E-state index is 17.7. The summed E-state index contributed by atoms with van der Waals surface area (Å²) in [6.45, 7) is 9.07. The topological polar surface area (TPSA) is 260 Å². The summed E-state index contributed by atoms with van der Waals surface area (Å²) in [6, 6.07) is 73.3. The molecular weight excluding hydrogens is 1560 g/mol. The number of fused-ring (bicyclic) bond motifs is 4. The highest BCUT2D eigenvalue weighted by molar-refractivity contribution is 6.02. The van der Waals surface area contributed by atoms with E-state index in [4.69, 9.17) is 61.7 Å². The van der Waals surface area contributed by atoms with Crippen LogP contribution in [0, 0.1) is 5.41 Å². The zero-order valence-electron chi connectivity index (χ0n) is 69.7. The first kappa shape index (κ1) is 87.0. The van der Waals surface area contributed by atoms with Crippen LogP contribution in [0.2, 0.25) is 0 Å². The number of ether oxygens (including phenoxy) is 12. The molecule has 0 saturated heterocycles. The number of aromatic nitrogens is 1. The molecule has 1 aliphatic rings. The molecule has 0 spiro atoms. The number of unbranched alkanes of at least 4 members (excludes halogenated alkanes) is 1. The molecule has 0 N–H and O–H groups in total. The van der Waals surface area contributed by atoms with Crippen molar-refractivity contribution in [1.29, 1.82) is 0 Å². The fraction of sp³-hybridized carbons (Fsp3) is 0.257. The van der Waals surface area contributed by atoms with Crippen molar-refractivity contribution in [2.24, 2.45) is 5.41 Å². The summed E-state index contributed by atoms with van der Waals surface area (Å²) >= 11 is 0. The van der Waals surface area contributed by atoms with Crippen molar-refractivity contribution in [3.63, 3.8) is 0 Å². The number of pyridine rings is 1. The van der Waals surface area contributed by atoms with Crippen LogP contribution < -0.4 is 52.2 Å². The van der Waals surface area contributed by atoms with Gasteiger partial charge in [0.2, 0.25) is 23.0 Å². The van der Waals surface area contributed by atoms with Gasteiger partial charge in [0.25, 0.3) is 5.75 Å². The lowest BCUT2D eigenvalue weighted by Crippen LogP contribution is -2.53. The number of rotatable bonds is 38. The highest BCUT2D eigenvalue weighted by atomic mass is 16.9. The fourth-order valence-electron chi connectivity index (χ4n) is 14.0. The van der Waals surface area contributed by atoms with E-state index in [0.29, 0.717) is 39.8 Å². The second-order valence-electron chi connectivity index (χ2n) is 30.5. The van der Waals surface area contributed by atoms with E-state index >= 15 is 19.2 Å². The van der Waals surface area contributed by atoms with Crippen LogP contribution in [0.15, 0.2) is 249 Å². The summed E-state index contributed by atoms with van der Waals surface area (Å²) in [5.74, 6) is -18.2. The second kappa shape index (κ2) is 41.0. The number of benzene rings is 11. The minimum Gasteiger partial charge on any atom is -0.488 e. The van der Waals surface area contributed by atoms with Crippen LogP contribution >= 0.6 is 0 Å². The Morgan fingerprint density at radius 3 is 1.72 bits per heavy atom. The molecular formula is C101H96NO21+. The Labute approximate surface area is 713 Å². The molecule has 1 aliphatic carbocycles. The average Bonchev–Trinajstić information content (AvgIpc) is 0.995. The molecule has 0 aliphatic heterocycles. The van der Waals surface area contributed by atoms with Crippen molar-refractivity contribution in [1.82, 2.24) is 0 Å². The highest BCUT2D eigenvalue weighted by Gasteiger charge is 2.51. The number of nitrogens with zero attached hydrogens (tertiary/aromatic N) is 1. The number of hydrogen-bond donors (Lipinski definition) is 0. The number of carbonyl (C=O) groups is 8. The third-order valence-electron chi connectivity index (χ3n) is 20.3. The lowest BCUT2D eigenvalue weighted by atomic mass is 9.97. The normalized spacial score (nSPS) is 12.7. The van der Waals surface area contributed by atoms with E-state index < -0.39 is 136 Å². The zero-order chi connectivity index (χ0) is 86.4. The van der Waals surface area contributed by atoms with Crippen LogP contribution in [-0.2, 0) is 80.4 Å². The lowest BCUT2D eigenvalue weighted by Gasteiger charge is -2.33. The first-order valence-corrected chi connectivity index (χ1v) is 41.2. The Morgan fingerprint density at radius 1 is 0.439 bits per heavy atom. The van der Waals surface area contributed by atoms with Gasteiger partial charge in [0, 0.05) is 44.9 Å². The molecule has 22 nitrogen and oxygen atoms in total. The SMILES string of the molecule is CCCCC(=O)Oc1c(OC(=O)C(C)(C)C)c(OC(=O)Cc2ccccc2)c(-c2ccccc2)c(OC(CCCOC(=O)CCc2ccccc2)(OCc2ccccc2)OCc2cccc3ccccc23)[n+]1OC(=O)c1c(OCC2C=Cc3ccccc32)c(OCc2cccc3cc4ccccc4cc23)c(OC(C)=O)c(OC(=O)CC)c1OC(=O)CCC. The fourth-order valence-corrected chi connectivity index (χ4v) is 14.0. The number of hydrogen-bond acceptors (Lipinski definition) is 21. The number of aryl methyl sites for hydroxylation is 1. The Kier molecular flexibility index (Phi) is 29.0. The molecule has 1 heterocycles. The summed E-state index contributed by atoms with van der Waals surface area (Å²) in [5.41, 5.74) is 2.15. The van der Waals surface area contributed by atoms with Crippen molar-refractivity contribution in [3.05, 3.63) is 293 Å². The Balaban J connectivity index is 1.13. The van der Waals surface area contributed by atoms with E-state index in [1.807, 2.05) is 177 Å².